The van der Waals surface area contributed by atoms with Gasteiger partial charge in [0, 0.05) is 17.2 Å². The van der Waals surface area contributed by atoms with Gasteiger partial charge in [0.05, 0.1) is 12.3 Å². The van der Waals surface area contributed by atoms with Gasteiger partial charge in [-0.1, -0.05) is 56.3 Å². The number of aliphatic hydroxyl groups is 1. The fourth-order valence-corrected chi connectivity index (χ4v) is 3.74. The Bertz CT molecular complexity index is 906. The third kappa shape index (κ3) is 2.99. The van der Waals surface area contributed by atoms with Crippen LogP contribution in [0.3, 0.4) is 0 Å². The van der Waals surface area contributed by atoms with Gasteiger partial charge in [-0.25, -0.2) is 0 Å². The van der Waals surface area contributed by atoms with Gasteiger partial charge >= 0.3 is 0 Å². The van der Waals surface area contributed by atoms with Crippen LogP contribution in [-0.4, -0.2) is 16.7 Å². The van der Waals surface area contributed by atoms with Crippen molar-refractivity contribution in [3.05, 3.63) is 84.2 Å². The van der Waals surface area contributed by atoms with E-state index in [1.165, 1.54) is 0 Å². The van der Waals surface area contributed by atoms with Crippen LogP contribution in [0.25, 0.3) is 11.1 Å². The predicted octanol–water partition coefficient (Wildman–Crippen LogP) is 4.79. The number of aromatic nitrogens is 1. The maximum absolute atomic E-state index is 11.8. The fraction of sp³-hybridized carbons (Fsp3) is 0.261. The van der Waals surface area contributed by atoms with Crippen LogP contribution < -0.4 is 4.74 Å². The van der Waals surface area contributed by atoms with Crippen LogP contribution in [0.2, 0.25) is 0 Å². The van der Waals surface area contributed by atoms with Crippen molar-refractivity contribution in [2.45, 2.75) is 25.9 Å². The molecule has 132 valence electrons. The van der Waals surface area contributed by atoms with Crippen LogP contribution in [0.15, 0.2) is 72.9 Å². The molecule has 3 aromatic rings. The minimum absolute atomic E-state index is 0.182. The zero-order valence-corrected chi connectivity index (χ0v) is 15.1. The van der Waals surface area contributed by atoms with E-state index in [4.69, 9.17) is 4.74 Å². The summed E-state index contributed by atoms with van der Waals surface area (Å²) in [5.74, 6) is 0.725. The zero-order valence-electron chi connectivity index (χ0n) is 15.1. The van der Waals surface area contributed by atoms with Gasteiger partial charge < -0.3 is 9.84 Å². The minimum Gasteiger partial charge on any atom is -0.493 e. The molecule has 1 aliphatic rings. The lowest BCUT2D eigenvalue weighted by molar-refractivity contribution is 0.0265. The molecule has 0 radical (unpaired) electrons. The Kier molecular flexibility index (Phi) is 4.04. The molecule has 1 atom stereocenters. The first-order chi connectivity index (χ1) is 12.5. The molecular formula is C23H23NO2. The molecule has 0 bridgehead atoms. The number of pyridine rings is 1. The van der Waals surface area contributed by atoms with E-state index in [2.05, 4.69) is 31.0 Å². The maximum Gasteiger partial charge on any atom is 0.136 e. The van der Waals surface area contributed by atoms with Crippen LogP contribution in [0, 0.1) is 5.41 Å². The monoisotopic (exact) mass is 345 g/mol. The molecule has 0 aliphatic carbocycles. The molecule has 4 rings (SSSR count). The SMILES string of the molecule is CC1(C)COc2ccc(-c3ccccc3)cc2C(O)(c2ccccn2)C1. The van der Waals surface area contributed by atoms with E-state index in [1.807, 2.05) is 54.6 Å². The maximum atomic E-state index is 11.8. The van der Waals surface area contributed by atoms with Crippen LogP contribution in [0.1, 0.15) is 31.5 Å². The summed E-state index contributed by atoms with van der Waals surface area (Å²) in [6.45, 7) is 4.79. The first kappa shape index (κ1) is 16.8. The molecule has 26 heavy (non-hydrogen) atoms. The molecule has 2 aromatic carbocycles. The van der Waals surface area contributed by atoms with Crippen molar-refractivity contribution < 1.29 is 9.84 Å². The summed E-state index contributed by atoms with van der Waals surface area (Å²) in [6.07, 6.45) is 2.27. The van der Waals surface area contributed by atoms with E-state index < -0.39 is 5.60 Å². The van der Waals surface area contributed by atoms with Gasteiger partial charge in [-0.05, 0) is 41.8 Å². The van der Waals surface area contributed by atoms with Crippen molar-refractivity contribution in [1.82, 2.24) is 4.98 Å². The van der Waals surface area contributed by atoms with Crippen molar-refractivity contribution >= 4 is 0 Å². The summed E-state index contributed by atoms with van der Waals surface area (Å²) in [4.78, 5) is 4.48. The first-order valence-corrected chi connectivity index (χ1v) is 8.95. The molecule has 0 fully saturated rings. The zero-order chi connectivity index (χ0) is 18.2. The molecule has 1 aromatic heterocycles. The average Bonchev–Trinajstić information content (AvgIpc) is 2.77. The summed E-state index contributed by atoms with van der Waals surface area (Å²) < 4.78 is 6.08. The number of hydrogen-bond acceptors (Lipinski definition) is 3. The third-order valence-corrected chi connectivity index (χ3v) is 4.97. The summed E-state index contributed by atoms with van der Waals surface area (Å²) >= 11 is 0. The Morgan fingerprint density at radius 2 is 1.69 bits per heavy atom. The highest BCUT2D eigenvalue weighted by Gasteiger charge is 2.43. The highest BCUT2D eigenvalue weighted by atomic mass is 16.5. The van der Waals surface area contributed by atoms with Crippen molar-refractivity contribution in [3.63, 3.8) is 0 Å². The fourth-order valence-electron chi connectivity index (χ4n) is 3.74. The smallest absolute Gasteiger partial charge is 0.136 e. The van der Waals surface area contributed by atoms with Crippen molar-refractivity contribution in [2.75, 3.05) is 6.61 Å². The van der Waals surface area contributed by atoms with Crippen LogP contribution in [-0.2, 0) is 5.60 Å². The molecule has 0 saturated carbocycles. The Labute approximate surface area is 154 Å². The molecule has 3 heteroatoms. The van der Waals surface area contributed by atoms with E-state index in [0.29, 0.717) is 18.7 Å². The lowest BCUT2D eigenvalue weighted by atomic mass is 9.75. The molecule has 2 heterocycles. The second-order valence-electron chi connectivity index (χ2n) is 7.78. The minimum atomic E-state index is -1.19. The highest BCUT2D eigenvalue weighted by molar-refractivity contribution is 5.67. The van der Waals surface area contributed by atoms with Gasteiger partial charge in [-0.2, -0.15) is 0 Å². The summed E-state index contributed by atoms with van der Waals surface area (Å²) in [5.41, 5.74) is 2.23. The van der Waals surface area contributed by atoms with Gasteiger partial charge in [-0.15, -0.1) is 0 Å². The van der Waals surface area contributed by atoms with Crippen molar-refractivity contribution in [2.24, 2.45) is 5.41 Å². The number of rotatable bonds is 2. The van der Waals surface area contributed by atoms with E-state index in [9.17, 15) is 5.11 Å². The van der Waals surface area contributed by atoms with Gasteiger partial charge in [0.1, 0.15) is 11.4 Å². The first-order valence-electron chi connectivity index (χ1n) is 8.95. The van der Waals surface area contributed by atoms with E-state index in [0.717, 1.165) is 22.4 Å². The van der Waals surface area contributed by atoms with E-state index in [-0.39, 0.29) is 5.41 Å². The number of hydrogen-bond donors (Lipinski definition) is 1. The predicted molar refractivity (Wildman–Crippen MR) is 103 cm³/mol. The lowest BCUT2D eigenvalue weighted by Gasteiger charge is -2.33. The molecule has 0 spiro atoms. The standard InChI is InChI=1S/C23H23NO2/c1-22(2)15-23(25,21-10-6-7-13-24-21)19-14-18(11-12-20(19)26-16-22)17-8-4-3-5-9-17/h3-14,25H,15-16H2,1-2H3. The molecular weight excluding hydrogens is 322 g/mol. The van der Waals surface area contributed by atoms with Gasteiger partial charge in [0.25, 0.3) is 0 Å². The van der Waals surface area contributed by atoms with Gasteiger partial charge in [-0.3, -0.25) is 4.98 Å². The molecule has 1 unspecified atom stereocenters. The summed E-state index contributed by atoms with van der Waals surface area (Å²) in [7, 11) is 0. The van der Waals surface area contributed by atoms with Crippen LogP contribution >= 0.6 is 0 Å². The molecule has 1 aliphatic heterocycles. The molecule has 0 saturated heterocycles. The third-order valence-electron chi connectivity index (χ3n) is 4.97. The molecule has 0 amide bonds. The Hall–Kier alpha value is -2.65. The Morgan fingerprint density at radius 1 is 0.923 bits per heavy atom. The highest BCUT2D eigenvalue weighted by Crippen LogP contribution is 2.47. The average molecular weight is 345 g/mol. The quantitative estimate of drug-likeness (QED) is 0.726. The number of nitrogens with zero attached hydrogens (tertiary/aromatic N) is 1. The van der Waals surface area contributed by atoms with Crippen molar-refractivity contribution in [1.29, 1.82) is 0 Å². The Morgan fingerprint density at radius 3 is 2.42 bits per heavy atom. The normalized spacial score (nSPS) is 21.3. The van der Waals surface area contributed by atoms with Gasteiger partial charge in [0.2, 0.25) is 0 Å². The summed E-state index contributed by atoms with van der Waals surface area (Å²) in [5, 5.41) is 11.8. The second-order valence-corrected chi connectivity index (χ2v) is 7.78. The number of fused-ring (bicyclic) bond motifs is 1. The topological polar surface area (TPSA) is 42.4 Å². The largest absolute Gasteiger partial charge is 0.493 e. The van der Waals surface area contributed by atoms with Gasteiger partial charge in [0.15, 0.2) is 0 Å². The number of benzene rings is 2. The number of ether oxygens (including phenoxy) is 1. The second kappa shape index (κ2) is 6.26. The molecule has 3 nitrogen and oxygen atoms in total. The molecule has 1 N–H and O–H groups in total. The van der Waals surface area contributed by atoms with E-state index >= 15 is 0 Å². The summed E-state index contributed by atoms with van der Waals surface area (Å²) in [6, 6.07) is 21.9. The van der Waals surface area contributed by atoms with E-state index in [1.54, 1.807) is 6.20 Å². The lowest BCUT2D eigenvalue weighted by Crippen LogP contribution is -2.34. The van der Waals surface area contributed by atoms with Crippen LogP contribution in [0.4, 0.5) is 0 Å². The Balaban J connectivity index is 1.92. The van der Waals surface area contributed by atoms with Crippen molar-refractivity contribution in [3.8, 4) is 16.9 Å². The van der Waals surface area contributed by atoms with Crippen LogP contribution in [0.5, 0.6) is 5.75 Å².